The minimum absolute atomic E-state index is 0.0596. The van der Waals surface area contributed by atoms with Gasteiger partial charge in [-0.3, -0.25) is 9.79 Å². The van der Waals surface area contributed by atoms with Crippen molar-refractivity contribution in [3.8, 4) is 0 Å². The second-order valence-corrected chi connectivity index (χ2v) is 5.95. The number of amides is 1. The summed E-state index contributed by atoms with van der Waals surface area (Å²) in [5.41, 5.74) is 3.10. The van der Waals surface area contributed by atoms with Crippen molar-refractivity contribution in [2.24, 2.45) is 4.99 Å². The number of hydrogen-bond acceptors (Lipinski definition) is 2. The number of carbonyl (C=O) groups excluding carboxylic acids is 1. The van der Waals surface area contributed by atoms with Crippen LogP contribution >= 0.6 is 0 Å². The predicted molar refractivity (Wildman–Crippen MR) is 108 cm³/mol. The Morgan fingerprint density at radius 1 is 0.962 bits per heavy atom. The summed E-state index contributed by atoms with van der Waals surface area (Å²) in [6, 6.07) is 18.1. The van der Waals surface area contributed by atoms with Crippen molar-refractivity contribution in [1.82, 2.24) is 16.0 Å². The van der Waals surface area contributed by atoms with Gasteiger partial charge < -0.3 is 16.0 Å². The largest absolute Gasteiger partial charge is 0.357 e. The summed E-state index contributed by atoms with van der Waals surface area (Å²) in [4.78, 5) is 16.3. The van der Waals surface area contributed by atoms with Gasteiger partial charge in [-0.05, 0) is 43.0 Å². The van der Waals surface area contributed by atoms with Crippen molar-refractivity contribution in [2.75, 3.05) is 26.7 Å². The second-order valence-electron chi connectivity index (χ2n) is 5.95. The van der Waals surface area contributed by atoms with Crippen LogP contribution < -0.4 is 16.0 Å². The fourth-order valence-electron chi connectivity index (χ4n) is 2.62. The van der Waals surface area contributed by atoms with Crippen LogP contribution in [0.3, 0.4) is 0 Å². The molecule has 0 aliphatic carbocycles. The molecule has 5 heteroatoms. The topological polar surface area (TPSA) is 65.5 Å². The molecule has 0 aliphatic rings. The first kappa shape index (κ1) is 19.5. The maximum absolute atomic E-state index is 11.7. The van der Waals surface area contributed by atoms with Crippen molar-refractivity contribution in [2.45, 2.75) is 19.8 Å². The Morgan fingerprint density at radius 3 is 2.46 bits per heavy atom. The van der Waals surface area contributed by atoms with Crippen LogP contribution in [0.2, 0.25) is 0 Å². The van der Waals surface area contributed by atoms with Crippen LogP contribution in [0.1, 0.15) is 28.4 Å². The fraction of sp³-hybridized carbons (Fsp3) is 0.333. The first-order chi connectivity index (χ1) is 12.7. The van der Waals surface area contributed by atoms with Gasteiger partial charge in [0, 0.05) is 32.2 Å². The van der Waals surface area contributed by atoms with E-state index in [-0.39, 0.29) is 5.91 Å². The van der Waals surface area contributed by atoms with Crippen molar-refractivity contribution in [1.29, 1.82) is 0 Å². The quantitative estimate of drug-likeness (QED) is 0.505. The molecule has 138 valence electrons. The lowest BCUT2D eigenvalue weighted by molar-refractivity contribution is 0.0963. The number of rotatable bonds is 8. The first-order valence-electron chi connectivity index (χ1n) is 9.10. The molecule has 0 unspecified atom stereocenters. The van der Waals surface area contributed by atoms with E-state index in [9.17, 15) is 4.79 Å². The second kappa shape index (κ2) is 10.9. The van der Waals surface area contributed by atoms with Crippen LogP contribution in [0.4, 0.5) is 0 Å². The van der Waals surface area contributed by atoms with E-state index in [4.69, 9.17) is 0 Å². The molecule has 0 fully saturated rings. The summed E-state index contributed by atoms with van der Waals surface area (Å²) in [5.74, 6) is 0.765. The van der Waals surface area contributed by atoms with E-state index in [2.05, 4.69) is 52.1 Å². The molecule has 26 heavy (non-hydrogen) atoms. The highest BCUT2D eigenvalue weighted by molar-refractivity contribution is 5.94. The van der Waals surface area contributed by atoms with Gasteiger partial charge in [-0.15, -0.1) is 0 Å². The third-order valence-corrected chi connectivity index (χ3v) is 3.98. The molecule has 0 saturated carbocycles. The van der Waals surface area contributed by atoms with E-state index < -0.39 is 0 Å². The standard InChI is InChI=1S/C21H28N4O/c1-3-23-21(24-14-12-17-8-5-4-6-9-17)25-15-13-18-10-7-11-19(16-18)20(26)22-2/h4-11,16H,3,12-15H2,1-2H3,(H,22,26)(H2,23,24,25). The Morgan fingerprint density at radius 2 is 1.73 bits per heavy atom. The Balaban J connectivity index is 1.84. The van der Waals surface area contributed by atoms with Gasteiger partial charge in [0.1, 0.15) is 0 Å². The average molecular weight is 352 g/mol. The molecular weight excluding hydrogens is 324 g/mol. The summed E-state index contributed by atoms with van der Waals surface area (Å²) in [5, 5.41) is 9.28. The lowest BCUT2D eigenvalue weighted by atomic mass is 10.1. The molecule has 0 heterocycles. The lowest BCUT2D eigenvalue weighted by Gasteiger charge is -2.11. The highest BCUT2D eigenvalue weighted by atomic mass is 16.1. The average Bonchev–Trinajstić information content (AvgIpc) is 2.68. The Hall–Kier alpha value is -2.82. The van der Waals surface area contributed by atoms with Gasteiger partial charge in [0.2, 0.25) is 0 Å². The van der Waals surface area contributed by atoms with Gasteiger partial charge >= 0.3 is 0 Å². The van der Waals surface area contributed by atoms with Crippen LogP contribution in [0.5, 0.6) is 0 Å². The maximum atomic E-state index is 11.7. The van der Waals surface area contributed by atoms with Gasteiger partial charge in [0.15, 0.2) is 5.96 Å². The lowest BCUT2D eigenvalue weighted by Crippen LogP contribution is -2.38. The van der Waals surface area contributed by atoms with Gasteiger partial charge in [0.05, 0.1) is 0 Å². The van der Waals surface area contributed by atoms with Crippen molar-refractivity contribution >= 4 is 11.9 Å². The zero-order valence-corrected chi connectivity index (χ0v) is 15.6. The zero-order valence-electron chi connectivity index (χ0n) is 15.6. The van der Waals surface area contributed by atoms with Crippen LogP contribution in [-0.4, -0.2) is 38.5 Å². The summed E-state index contributed by atoms with van der Waals surface area (Å²) in [6.07, 6.45) is 1.75. The number of guanidine groups is 1. The molecule has 0 aliphatic heterocycles. The molecule has 2 rings (SSSR count). The molecule has 0 spiro atoms. The Kier molecular flexibility index (Phi) is 8.19. The molecule has 1 amide bonds. The SMILES string of the molecule is CCNC(=NCCc1ccccc1)NCCc1cccc(C(=O)NC)c1. The minimum Gasteiger partial charge on any atom is -0.357 e. The third kappa shape index (κ3) is 6.59. The van der Waals surface area contributed by atoms with Crippen LogP contribution in [0.15, 0.2) is 59.6 Å². The fourth-order valence-corrected chi connectivity index (χ4v) is 2.62. The Labute approximate surface area is 155 Å². The van der Waals surface area contributed by atoms with Gasteiger partial charge in [-0.1, -0.05) is 42.5 Å². The molecular formula is C21H28N4O. The number of nitrogens with one attached hydrogen (secondary N) is 3. The van der Waals surface area contributed by atoms with Crippen LogP contribution in [0.25, 0.3) is 0 Å². The molecule has 0 atom stereocenters. The summed E-state index contributed by atoms with van der Waals surface area (Å²) < 4.78 is 0. The van der Waals surface area contributed by atoms with E-state index in [0.717, 1.165) is 44.0 Å². The maximum Gasteiger partial charge on any atom is 0.251 e. The van der Waals surface area contributed by atoms with E-state index in [1.54, 1.807) is 7.05 Å². The first-order valence-corrected chi connectivity index (χ1v) is 9.10. The van der Waals surface area contributed by atoms with Crippen molar-refractivity contribution < 1.29 is 4.79 Å². The molecule has 0 bridgehead atoms. The van der Waals surface area contributed by atoms with E-state index in [1.165, 1.54) is 5.56 Å². The van der Waals surface area contributed by atoms with Gasteiger partial charge in [-0.2, -0.15) is 0 Å². The van der Waals surface area contributed by atoms with Crippen molar-refractivity contribution in [3.63, 3.8) is 0 Å². The van der Waals surface area contributed by atoms with Crippen LogP contribution in [0, 0.1) is 0 Å². The van der Waals surface area contributed by atoms with Crippen molar-refractivity contribution in [3.05, 3.63) is 71.3 Å². The van der Waals surface area contributed by atoms with E-state index in [0.29, 0.717) is 5.56 Å². The van der Waals surface area contributed by atoms with Gasteiger partial charge in [-0.25, -0.2) is 0 Å². The zero-order chi connectivity index (χ0) is 18.6. The van der Waals surface area contributed by atoms with Crippen LogP contribution in [-0.2, 0) is 12.8 Å². The number of benzene rings is 2. The minimum atomic E-state index is -0.0596. The molecule has 5 nitrogen and oxygen atoms in total. The third-order valence-electron chi connectivity index (χ3n) is 3.98. The molecule has 0 saturated heterocycles. The van der Waals surface area contributed by atoms with Gasteiger partial charge in [0.25, 0.3) is 5.91 Å². The molecule has 3 N–H and O–H groups in total. The molecule has 2 aromatic carbocycles. The highest BCUT2D eigenvalue weighted by Crippen LogP contribution is 2.05. The number of hydrogen-bond donors (Lipinski definition) is 3. The summed E-state index contributed by atoms with van der Waals surface area (Å²) in [7, 11) is 1.64. The molecule has 0 aromatic heterocycles. The normalized spacial score (nSPS) is 11.1. The Bertz CT molecular complexity index is 713. The number of carbonyl (C=O) groups is 1. The monoisotopic (exact) mass is 352 g/mol. The summed E-state index contributed by atoms with van der Waals surface area (Å²) in [6.45, 7) is 4.38. The predicted octanol–water partition coefficient (Wildman–Crippen LogP) is 2.39. The molecule has 0 radical (unpaired) electrons. The smallest absolute Gasteiger partial charge is 0.251 e. The highest BCUT2D eigenvalue weighted by Gasteiger charge is 2.04. The van der Waals surface area contributed by atoms with E-state index >= 15 is 0 Å². The summed E-state index contributed by atoms with van der Waals surface area (Å²) >= 11 is 0. The molecule has 2 aromatic rings. The number of nitrogens with zero attached hydrogens (tertiary/aromatic N) is 1. The number of aliphatic imine (C=N–C) groups is 1. The van der Waals surface area contributed by atoms with E-state index in [1.807, 2.05) is 30.3 Å².